The van der Waals surface area contributed by atoms with E-state index in [0.717, 1.165) is 0 Å². The molecule has 78 valence electrons. The average Bonchev–Trinajstić information content (AvgIpc) is 1.97. The van der Waals surface area contributed by atoms with Gasteiger partial charge in [0.15, 0.2) is 0 Å². The Hall–Kier alpha value is -0.320. The zero-order chi connectivity index (χ0) is 10.5. The van der Waals surface area contributed by atoms with Crippen LogP contribution in [-0.2, 0) is 4.74 Å². The fourth-order valence-corrected chi connectivity index (χ4v) is 0.792. The topological polar surface area (TPSA) is 38.3 Å². The van der Waals surface area contributed by atoms with Gasteiger partial charge in [-0.05, 0) is 20.8 Å². The van der Waals surface area contributed by atoms with Gasteiger partial charge in [0, 0.05) is 5.33 Å². The first kappa shape index (κ1) is 12.7. The number of halogens is 2. The summed E-state index contributed by atoms with van der Waals surface area (Å²) in [6.45, 7) is 5.23. The second kappa shape index (κ2) is 5.42. The maximum atomic E-state index is 12.6. The van der Waals surface area contributed by atoms with Crippen molar-refractivity contribution in [2.45, 2.75) is 32.5 Å². The summed E-state index contributed by atoms with van der Waals surface area (Å²) in [5.41, 5.74) is -0.537. The van der Waals surface area contributed by atoms with Crippen molar-refractivity contribution in [3.05, 3.63) is 0 Å². The number of amides is 1. The Kier molecular flexibility index (Phi) is 5.29. The molecule has 0 heterocycles. The number of nitrogens with one attached hydrogen (secondary N) is 1. The smallest absolute Gasteiger partial charge is 0.407 e. The van der Waals surface area contributed by atoms with E-state index in [-0.39, 0.29) is 11.9 Å². The first-order valence-corrected chi connectivity index (χ1v) is 5.14. The predicted octanol–water partition coefficient (Wildman–Crippen LogP) is 2.24. The Morgan fingerprint density at radius 3 is 2.54 bits per heavy atom. The molecule has 0 unspecified atom stereocenters. The zero-order valence-corrected chi connectivity index (χ0v) is 9.65. The second-order valence-corrected chi connectivity index (χ2v) is 4.28. The molecule has 0 aliphatic heterocycles. The van der Waals surface area contributed by atoms with Gasteiger partial charge in [-0.1, -0.05) is 15.9 Å². The molecule has 13 heavy (non-hydrogen) atoms. The molecule has 0 radical (unpaired) electrons. The van der Waals surface area contributed by atoms with Gasteiger partial charge in [0.1, 0.15) is 11.8 Å². The van der Waals surface area contributed by atoms with Crippen LogP contribution in [0.15, 0.2) is 0 Å². The van der Waals surface area contributed by atoms with Crippen molar-refractivity contribution in [3.8, 4) is 0 Å². The van der Waals surface area contributed by atoms with Crippen LogP contribution in [0.1, 0.15) is 20.8 Å². The molecular formula is C8H15BrFNO2. The van der Waals surface area contributed by atoms with Crippen molar-refractivity contribution in [2.24, 2.45) is 0 Å². The van der Waals surface area contributed by atoms with Gasteiger partial charge >= 0.3 is 6.09 Å². The van der Waals surface area contributed by atoms with E-state index in [0.29, 0.717) is 0 Å². The third-order valence-electron chi connectivity index (χ3n) is 1.03. The molecule has 5 heteroatoms. The van der Waals surface area contributed by atoms with E-state index in [4.69, 9.17) is 4.74 Å². The van der Waals surface area contributed by atoms with Crippen LogP contribution in [0.4, 0.5) is 9.18 Å². The van der Waals surface area contributed by atoms with Crippen LogP contribution < -0.4 is 5.32 Å². The lowest BCUT2D eigenvalue weighted by molar-refractivity contribution is 0.0516. The minimum Gasteiger partial charge on any atom is -0.444 e. The highest BCUT2D eigenvalue weighted by Gasteiger charge is 2.16. The Balaban J connectivity index is 3.64. The van der Waals surface area contributed by atoms with Crippen LogP contribution in [0.3, 0.4) is 0 Å². The molecule has 0 spiro atoms. The largest absolute Gasteiger partial charge is 0.444 e. The second-order valence-electron chi connectivity index (χ2n) is 3.63. The maximum absolute atomic E-state index is 12.6. The lowest BCUT2D eigenvalue weighted by atomic mass is 10.2. The molecule has 0 aliphatic rings. The number of hydrogen-bond donors (Lipinski definition) is 1. The third kappa shape index (κ3) is 8.02. The molecule has 1 amide bonds. The zero-order valence-electron chi connectivity index (χ0n) is 8.06. The molecule has 1 N–H and O–H groups in total. The normalized spacial score (nSPS) is 13.6. The predicted molar refractivity (Wildman–Crippen MR) is 52.9 cm³/mol. The third-order valence-corrected chi connectivity index (χ3v) is 1.74. The summed E-state index contributed by atoms with van der Waals surface area (Å²) >= 11 is 2.96. The molecule has 3 nitrogen and oxygen atoms in total. The summed E-state index contributed by atoms with van der Waals surface area (Å²) in [7, 11) is 0. The minimum absolute atomic E-state index is 0.0276. The lowest BCUT2D eigenvalue weighted by Crippen LogP contribution is -2.36. The number of carbonyl (C=O) groups excluding carboxylic acids is 1. The van der Waals surface area contributed by atoms with E-state index >= 15 is 0 Å². The number of rotatable bonds is 3. The van der Waals surface area contributed by atoms with Gasteiger partial charge < -0.3 is 10.1 Å². The molecule has 0 aromatic rings. The first-order valence-electron chi connectivity index (χ1n) is 4.02. The van der Waals surface area contributed by atoms with Crippen LogP contribution >= 0.6 is 15.9 Å². The average molecular weight is 256 g/mol. The quantitative estimate of drug-likeness (QED) is 0.786. The van der Waals surface area contributed by atoms with Crippen LogP contribution in [0.25, 0.3) is 0 Å². The monoisotopic (exact) mass is 255 g/mol. The van der Waals surface area contributed by atoms with Crippen LogP contribution in [0, 0.1) is 0 Å². The Morgan fingerprint density at radius 2 is 2.15 bits per heavy atom. The Morgan fingerprint density at radius 1 is 1.62 bits per heavy atom. The maximum Gasteiger partial charge on any atom is 0.407 e. The molecule has 0 rings (SSSR count). The van der Waals surface area contributed by atoms with Gasteiger partial charge in [0.05, 0.1) is 6.54 Å². The van der Waals surface area contributed by atoms with Gasteiger partial charge in [-0.25, -0.2) is 9.18 Å². The van der Waals surface area contributed by atoms with Crippen molar-refractivity contribution in [2.75, 3.05) is 11.9 Å². The number of carbonyl (C=O) groups is 1. The van der Waals surface area contributed by atoms with Crippen molar-refractivity contribution in [1.29, 1.82) is 0 Å². The summed E-state index contributed by atoms with van der Waals surface area (Å²) in [5.74, 6) is 0. The van der Waals surface area contributed by atoms with E-state index in [1.807, 2.05) is 0 Å². The van der Waals surface area contributed by atoms with Crippen LogP contribution in [0.2, 0.25) is 0 Å². The minimum atomic E-state index is -1.08. The SMILES string of the molecule is CC(C)(C)OC(=O)NC[C@H](F)CBr. The Bertz CT molecular complexity index is 170. The van der Waals surface area contributed by atoms with Crippen molar-refractivity contribution in [1.82, 2.24) is 5.32 Å². The van der Waals surface area contributed by atoms with Crippen molar-refractivity contribution in [3.63, 3.8) is 0 Å². The van der Waals surface area contributed by atoms with Crippen molar-refractivity contribution >= 4 is 22.0 Å². The molecule has 0 saturated carbocycles. The van der Waals surface area contributed by atoms with Gasteiger partial charge in [0.25, 0.3) is 0 Å². The molecule has 0 aliphatic carbocycles. The van der Waals surface area contributed by atoms with Crippen molar-refractivity contribution < 1.29 is 13.9 Å². The number of alkyl carbamates (subject to hydrolysis) is 1. The molecule has 0 bridgehead atoms. The van der Waals surface area contributed by atoms with E-state index in [2.05, 4.69) is 21.2 Å². The van der Waals surface area contributed by atoms with Crippen LogP contribution in [-0.4, -0.2) is 29.7 Å². The van der Waals surface area contributed by atoms with Gasteiger partial charge in [0.2, 0.25) is 0 Å². The van der Waals surface area contributed by atoms with Gasteiger partial charge in [-0.3, -0.25) is 0 Å². The number of alkyl halides is 2. The number of hydrogen-bond acceptors (Lipinski definition) is 2. The summed E-state index contributed by atoms with van der Waals surface area (Å²) in [6.07, 6.45) is -1.66. The molecular weight excluding hydrogens is 241 g/mol. The molecule has 0 fully saturated rings. The van der Waals surface area contributed by atoms with E-state index < -0.39 is 17.9 Å². The van der Waals surface area contributed by atoms with E-state index in [1.54, 1.807) is 20.8 Å². The highest BCUT2D eigenvalue weighted by Crippen LogP contribution is 2.06. The summed E-state index contributed by atoms with van der Waals surface area (Å²) in [6, 6.07) is 0. The molecule has 0 aromatic heterocycles. The van der Waals surface area contributed by atoms with E-state index in [9.17, 15) is 9.18 Å². The summed E-state index contributed by atoms with van der Waals surface area (Å²) in [5, 5.41) is 2.53. The summed E-state index contributed by atoms with van der Waals surface area (Å²) < 4.78 is 17.5. The van der Waals surface area contributed by atoms with Gasteiger partial charge in [-0.15, -0.1) is 0 Å². The highest BCUT2D eigenvalue weighted by molar-refractivity contribution is 9.09. The Labute approximate surface area is 86.2 Å². The van der Waals surface area contributed by atoms with Gasteiger partial charge in [-0.2, -0.15) is 0 Å². The molecule has 0 aromatic carbocycles. The standard InChI is InChI=1S/C8H15BrFNO2/c1-8(2,3)13-7(12)11-5-6(10)4-9/h6H,4-5H2,1-3H3,(H,11,12)/t6-/m1/s1. The summed E-state index contributed by atoms with van der Waals surface area (Å²) in [4.78, 5) is 11.0. The van der Waals surface area contributed by atoms with E-state index in [1.165, 1.54) is 0 Å². The first-order chi connectivity index (χ1) is 5.85. The van der Waals surface area contributed by atoms with Crippen LogP contribution in [0.5, 0.6) is 0 Å². The molecule has 0 saturated heterocycles. The highest BCUT2D eigenvalue weighted by atomic mass is 79.9. The number of ether oxygens (including phenoxy) is 1. The lowest BCUT2D eigenvalue weighted by Gasteiger charge is -2.19. The fourth-order valence-electron chi connectivity index (χ4n) is 0.563. The molecule has 1 atom stereocenters. The fraction of sp³-hybridized carbons (Fsp3) is 0.875.